The summed E-state index contributed by atoms with van der Waals surface area (Å²) in [6, 6.07) is 7.81. The first-order chi connectivity index (χ1) is 8.17. The predicted octanol–water partition coefficient (Wildman–Crippen LogP) is 1.26. The third-order valence-electron chi connectivity index (χ3n) is 2.41. The zero-order valence-corrected chi connectivity index (χ0v) is 10.7. The van der Waals surface area contributed by atoms with Gasteiger partial charge in [-0.3, -0.25) is 4.79 Å². The lowest BCUT2D eigenvalue weighted by atomic mass is 10.2. The van der Waals surface area contributed by atoms with Gasteiger partial charge in [0, 0.05) is 13.6 Å². The van der Waals surface area contributed by atoms with Crippen LogP contribution in [0, 0.1) is 0 Å². The fourth-order valence-corrected chi connectivity index (χ4v) is 1.51. The second-order valence-electron chi connectivity index (χ2n) is 3.86. The standard InChI is InChI=1S/C13H20N2O2/c1-4-17-12-7-5-11(6-8-12)10-15(3)13(16)9-14-2/h5-8,14H,4,9-10H2,1-3H3. The molecular formula is C13H20N2O2. The van der Waals surface area contributed by atoms with Crippen LogP contribution in [0.1, 0.15) is 12.5 Å². The fourth-order valence-electron chi connectivity index (χ4n) is 1.51. The van der Waals surface area contributed by atoms with E-state index in [-0.39, 0.29) is 5.91 Å². The van der Waals surface area contributed by atoms with Gasteiger partial charge in [-0.05, 0) is 31.7 Å². The zero-order chi connectivity index (χ0) is 12.7. The van der Waals surface area contributed by atoms with Gasteiger partial charge in [-0.25, -0.2) is 0 Å². The fraction of sp³-hybridized carbons (Fsp3) is 0.462. The van der Waals surface area contributed by atoms with Gasteiger partial charge in [-0.2, -0.15) is 0 Å². The highest BCUT2D eigenvalue weighted by Gasteiger charge is 2.07. The average Bonchev–Trinajstić information content (AvgIpc) is 2.32. The van der Waals surface area contributed by atoms with Crippen molar-refractivity contribution in [3.8, 4) is 5.75 Å². The molecule has 1 amide bonds. The largest absolute Gasteiger partial charge is 0.494 e. The molecule has 0 unspecified atom stereocenters. The lowest BCUT2D eigenvalue weighted by Gasteiger charge is -2.17. The summed E-state index contributed by atoms with van der Waals surface area (Å²) in [5.41, 5.74) is 1.10. The number of hydrogen-bond acceptors (Lipinski definition) is 3. The third-order valence-corrected chi connectivity index (χ3v) is 2.41. The normalized spacial score (nSPS) is 10.1. The van der Waals surface area contributed by atoms with Crippen molar-refractivity contribution in [3.63, 3.8) is 0 Å². The Kier molecular flexibility index (Phi) is 5.49. The van der Waals surface area contributed by atoms with Gasteiger partial charge in [0.15, 0.2) is 0 Å². The van der Waals surface area contributed by atoms with E-state index in [0.29, 0.717) is 19.7 Å². The van der Waals surface area contributed by atoms with E-state index in [1.54, 1.807) is 19.0 Å². The van der Waals surface area contributed by atoms with Crippen LogP contribution in [0.4, 0.5) is 0 Å². The van der Waals surface area contributed by atoms with E-state index in [4.69, 9.17) is 4.74 Å². The second-order valence-corrected chi connectivity index (χ2v) is 3.86. The van der Waals surface area contributed by atoms with E-state index in [0.717, 1.165) is 11.3 Å². The Hall–Kier alpha value is -1.55. The molecule has 1 aromatic carbocycles. The molecule has 0 spiro atoms. The average molecular weight is 236 g/mol. The number of hydrogen-bond donors (Lipinski definition) is 1. The first-order valence-electron chi connectivity index (χ1n) is 5.77. The Morgan fingerprint density at radius 2 is 2.00 bits per heavy atom. The highest BCUT2D eigenvalue weighted by Crippen LogP contribution is 2.13. The van der Waals surface area contributed by atoms with Crippen molar-refractivity contribution in [2.75, 3.05) is 27.2 Å². The van der Waals surface area contributed by atoms with Crippen molar-refractivity contribution in [3.05, 3.63) is 29.8 Å². The monoisotopic (exact) mass is 236 g/mol. The van der Waals surface area contributed by atoms with Gasteiger partial charge in [0.2, 0.25) is 5.91 Å². The molecule has 0 fully saturated rings. The van der Waals surface area contributed by atoms with Gasteiger partial charge in [0.05, 0.1) is 13.2 Å². The number of ether oxygens (including phenoxy) is 1. The molecule has 0 atom stereocenters. The molecule has 94 valence electrons. The molecule has 0 heterocycles. The minimum Gasteiger partial charge on any atom is -0.494 e. The van der Waals surface area contributed by atoms with E-state index < -0.39 is 0 Å². The summed E-state index contributed by atoms with van der Waals surface area (Å²) in [6.07, 6.45) is 0. The molecule has 0 saturated heterocycles. The highest BCUT2D eigenvalue weighted by atomic mass is 16.5. The van der Waals surface area contributed by atoms with Crippen molar-refractivity contribution >= 4 is 5.91 Å². The molecule has 0 saturated carbocycles. The molecule has 17 heavy (non-hydrogen) atoms. The van der Waals surface area contributed by atoms with Crippen molar-refractivity contribution in [2.45, 2.75) is 13.5 Å². The van der Waals surface area contributed by atoms with Crippen molar-refractivity contribution < 1.29 is 9.53 Å². The van der Waals surface area contributed by atoms with Gasteiger partial charge in [-0.1, -0.05) is 12.1 Å². The molecule has 4 heteroatoms. The maximum Gasteiger partial charge on any atom is 0.236 e. The molecule has 1 aromatic rings. The number of carbonyl (C=O) groups is 1. The maximum absolute atomic E-state index is 11.6. The molecule has 0 aliphatic heterocycles. The van der Waals surface area contributed by atoms with Gasteiger partial charge in [-0.15, -0.1) is 0 Å². The van der Waals surface area contributed by atoms with Gasteiger partial charge in [0.25, 0.3) is 0 Å². The molecule has 0 bridgehead atoms. The summed E-state index contributed by atoms with van der Waals surface area (Å²) < 4.78 is 5.36. The van der Waals surface area contributed by atoms with Gasteiger partial charge < -0.3 is 15.0 Å². The number of benzene rings is 1. The smallest absolute Gasteiger partial charge is 0.236 e. The first kappa shape index (κ1) is 13.5. The van der Waals surface area contributed by atoms with Crippen LogP contribution >= 0.6 is 0 Å². The van der Waals surface area contributed by atoms with Crippen molar-refractivity contribution in [1.82, 2.24) is 10.2 Å². The molecule has 1 rings (SSSR count). The van der Waals surface area contributed by atoms with Gasteiger partial charge in [0.1, 0.15) is 5.75 Å². The number of carbonyl (C=O) groups excluding carboxylic acids is 1. The molecular weight excluding hydrogens is 216 g/mol. The Morgan fingerprint density at radius 1 is 1.35 bits per heavy atom. The molecule has 0 aliphatic carbocycles. The Balaban J connectivity index is 2.53. The number of nitrogens with one attached hydrogen (secondary N) is 1. The summed E-state index contributed by atoms with van der Waals surface area (Å²) >= 11 is 0. The predicted molar refractivity (Wildman–Crippen MR) is 68.0 cm³/mol. The number of amides is 1. The lowest BCUT2D eigenvalue weighted by molar-refractivity contribution is -0.129. The Morgan fingerprint density at radius 3 is 2.53 bits per heavy atom. The second kappa shape index (κ2) is 6.91. The summed E-state index contributed by atoms with van der Waals surface area (Å²) in [5.74, 6) is 0.946. The quantitative estimate of drug-likeness (QED) is 0.808. The van der Waals surface area contributed by atoms with Crippen LogP contribution in [0.3, 0.4) is 0 Å². The van der Waals surface area contributed by atoms with Crippen molar-refractivity contribution in [1.29, 1.82) is 0 Å². The Bertz CT molecular complexity index is 349. The molecule has 0 aliphatic rings. The van der Waals surface area contributed by atoms with E-state index in [1.165, 1.54) is 0 Å². The number of nitrogens with zero attached hydrogens (tertiary/aromatic N) is 1. The summed E-state index contributed by atoms with van der Waals surface area (Å²) in [5, 5.41) is 2.85. The van der Waals surface area contributed by atoms with Crippen LogP contribution in [-0.2, 0) is 11.3 Å². The SMILES string of the molecule is CCOc1ccc(CN(C)C(=O)CNC)cc1. The summed E-state index contributed by atoms with van der Waals surface area (Å²) in [4.78, 5) is 13.3. The minimum atomic E-state index is 0.0846. The van der Waals surface area contributed by atoms with Crippen LogP contribution < -0.4 is 10.1 Å². The van der Waals surface area contributed by atoms with Crippen LogP contribution in [0.5, 0.6) is 5.75 Å². The number of likely N-dealkylation sites (N-methyl/N-ethyl adjacent to an activating group) is 2. The van der Waals surface area contributed by atoms with E-state index in [2.05, 4.69) is 5.32 Å². The van der Waals surface area contributed by atoms with Crippen LogP contribution in [-0.4, -0.2) is 38.1 Å². The van der Waals surface area contributed by atoms with Gasteiger partial charge >= 0.3 is 0 Å². The Labute approximate surface area is 103 Å². The van der Waals surface area contributed by atoms with Crippen LogP contribution in [0.25, 0.3) is 0 Å². The number of rotatable bonds is 6. The first-order valence-corrected chi connectivity index (χ1v) is 5.77. The van der Waals surface area contributed by atoms with Crippen LogP contribution in [0.2, 0.25) is 0 Å². The highest BCUT2D eigenvalue weighted by molar-refractivity contribution is 5.77. The molecule has 0 radical (unpaired) electrons. The third kappa shape index (κ3) is 4.44. The molecule has 4 nitrogen and oxygen atoms in total. The van der Waals surface area contributed by atoms with Crippen LogP contribution in [0.15, 0.2) is 24.3 Å². The van der Waals surface area contributed by atoms with E-state index in [1.807, 2.05) is 31.2 Å². The summed E-state index contributed by atoms with van der Waals surface area (Å²) in [7, 11) is 3.57. The van der Waals surface area contributed by atoms with E-state index >= 15 is 0 Å². The molecule has 0 aromatic heterocycles. The zero-order valence-electron chi connectivity index (χ0n) is 10.7. The van der Waals surface area contributed by atoms with E-state index in [9.17, 15) is 4.79 Å². The summed E-state index contributed by atoms with van der Waals surface area (Å²) in [6.45, 7) is 3.61. The topological polar surface area (TPSA) is 41.6 Å². The van der Waals surface area contributed by atoms with Crippen molar-refractivity contribution in [2.24, 2.45) is 0 Å². The lowest BCUT2D eigenvalue weighted by Crippen LogP contribution is -2.33. The molecule has 1 N–H and O–H groups in total. The maximum atomic E-state index is 11.6. The minimum absolute atomic E-state index is 0.0846.